The summed E-state index contributed by atoms with van der Waals surface area (Å²) in [5.41, 5.74) is 7.32. The molecular weight excluding hydrogens is 218 g/mol. The van der Waals surface area contributed by atoms with E-state index < -0.39 is 0 Å². The Bertz CT molecular complexity index is 367. The average molecular weight is 237 g/mol. The maximum Gasteiger partial charge on any atom is 0.170 e. The van der Waals surface area contributed by atoms with Crippen LogP contribution in [0.3, 0.4) is 0 Å². The molecule has 0 atom stereocenters. The molecule has 0 radical (unpaired) electrons. The summed E-state index contributed by atoms with van der Waals surface area (Å²) in [5, 5.41) is 23.6. The molecule has 5 heteroatoms. The zero-order valence-corrected chi connectivity index (χ0v) is 9.76. The smallest absolute Gasteiger partial charge is 0.170 e. The topological polar surface area (TPSA) is 90.9 Å². The Morgan fingerprint density at radius 3 is 2.76 bits per heavy atom. The predicted molar refractivity (Wildman–Crippen MR) is 67.0 cm³/mol. The van der Waals surface area contributed by atoms with Crippen LogP contribution in [0.4, 0.5) is 0 Å². The van der Waals surface area contributed by atoms with Crippen molar-refractivity contribution in [1.82, 2.24) is 5.32 Å². The first kappa shape index (κ1) is 13.5. The molecule has 0 fully saturated rings. The summed E-state index contributed by atoms with van der Waals surface area (Å²) in [5.74, 6) is 0.123. The molecule has 5 N–H and O–H groups in total. The van der Waals surface area contributed by atoms with Crippen LogP contribution >= 0.6 is 0 Å². The third kappa shape index (κ3) is 4.42. The van der Waals surface area contributed by atoms with Crippen molar-refractivity contribution in [2.45, 2.75) is 19.4 Å². The van der Waals surface area contributed by atoms with Crippen LogP contribution in [0.1, 0.15) is 24.0 Å². The maximum absolute atomic E-state index is 8.67. The van der Waals surface area contributed by atoms with Gasteiger partial charge in [-0.25, -0.2) is 0 Å². The molecule has 1 aromatic rings. The Labute approximate surface area is 101 Å². The lowest BCUT2D eigenvalue weighted by Crippen LogP contribution is -2.20. The molecule has 0 aliphatic rings. The SMILES string of the molecule is N/C(=N/O)c1ccccc1CNCCCCO. The Kier molecular flexibility index (Phi) is 6.06. The van der Waals surface area contributed by atoms with Crippen LogP contribution in [0.25, 0.3) is 0 Å². The van der Waals surface area contributed by atoms with Crippen LogP contribution in [0.2, 0.25) is 0 Å². The molecule has 0 aliphatic heterocycles. The molecule has 0 spiro atoms. The fraction of sp³-hybridized carbons (Fsp3) is 0.417. The second-order valence-corrected chi connectivity index (χ2v) is 3.75. The fourth-order valence-electron chi connectivity index (χ4n) is 1.56. The number of nitrogens with zero attached hydrogens (tertiary/aromatic N) is 1. The highest BCUT2D eigenvalue weighted by Gasteiger charge is 2.05. The van der Waals surface area contributed by atoms with Crippen molar-refractivity contribution in [3.8, 4) is 0 Å². The molecule has 0 bridgehead atoms. The number of benzene rings is 1. The van der Waals surface area contributed by atoms with Crippen LogP contribution < -0.4 is 11.1 Å². The zero-order valence-electron chi connectivity index (χ0n) is 9.76. The lowest BCUT2D eigenvalue weighted by atomic mass is 10.1. The van der Waals surface area contributed by atoms with Gasteiger partial charge in [-0.1, -0.05) is 29.4 Å². The summed E-state index contributed by atoms with van der Waals surface area (Å²) in [6, 6.07) is 7.52. The lowest BCUT2D eigenvalue weighted by Gasteiger charge is -2.09. The predicted octanol–water partition coefficient (Wildman–Crippen LogP) is 0.643. The van der Waals surface area contributed by atoms with E-state index in [-0.39, 0.29) is 12.4 Å². The van der Waals surface area contributed by atoms with Crippen molar-refractivity contribution in [3.63, 3.8) is 0 Å². The fourth-order valence-corrected chi connectivity index (χ4v) is 1.56. The number of nitrogens with one attached hydrogen (secondary N) is 1. The van der Waals surface area contributed by atoms with E-state index in [9.17, 15) is 0 Å². The second kappa shape index (κ2) is 7.65. The molecule has 1 rings (SSSR count). The summed E-state index contributed by atoms with van der Waals surface area (Å²) in [7, 11) is 0. The van der Waals surface area contributed by atoms with Crippen molar-refractivity contribution < 1.29 is 10.3 Å². The first-order chi connectivity index (χ1) is 8.29. The number of rotatable bonds is 7. The Morgan fingerprint density at radius 2 is 2.06 bits per heavy atom. The summed E-state index contributed by atoms with van der Waals surface area (Å²) < 4.78 is 0. The Hall–Kier alpha value is -1.59. The molecule has 0 aromatic heterocycles. The van der Waals surface area contributed by atoms with Crippen molar-refractivity contribution >= 4 is 5.84 Å². The van der Waals surface area contributed by atoms with Gasteiger partial charge in [0.2, 0.25) is 0 Å². The van der Waals surface area contributed by atoms with E-state index in [2.05, 4.69) is 10.5 Å². The molecule has 1 aromatic carbocycles. The molecule has 0 saturated carbocycles. The van der Waals surface area contributed by atoms with E-state index in [0.717, 1.165) is 30.5 Å². The van der Waals surface area contributed by atoms with E-state index in [1.165, 1.54) is 0 Å². The minimum Gasteiger partial charge on any atom is -0.409 e. The van der Waals surface area contributed by atoms with Gasteiger partial charge >= 0.3 is 0 Å². The van der Waals surface area contributed by atoms with Crippen LogP contribution in [-0.2, 0) is 6.54 Å². The highest BCUT2D eigenvalue weighted by molar-refractivity contribution is 5.98. The highest BCUT2D eigenvalue weighted by Crippen LogP contribution is 2.08. The molecule has 0 heterocycles. The molecule has 94 valence electrons. The maximum atomic E-state index is 8.67. The summed E-state index contributed by atoms with van der Waals surface area (Å²) in [6.07, 6.45) is 1.73. The van der Waals surface area contributed by atoms with Crippen molar-refractivity contribution in [1.29, 1.82) is 0 Å². The van der Waals surface area contributed by atoms with E-state index in [1.54, 1.807) is 0 Å². The highest BCUT2D eigenvalue weighted by atomic mass is 16.4. The zero-order chi connectivity index (χ0) is 12.5. The van der Waals surface area contributed by atoms with Crippen LogP contribution in [0, 0.1) is 0 Å². The van der Waals surface area contributed by atoms with Gasteiger partial charge in [-0.15, -0.1) is 0 Å². The van der Waals surface area contributed by atoms with E-state index >= 15 is 0 Å². The Morgan fingerprint density at radius 1 is 1.29 bits per heavy atom. The number of aliphatic hydroxyl groups excluding tert-OH is 1. The van der Waals surface area contributed by atoms with Crippen LogP contribution in [-0.4, -0.2) is 29.3 Å². The summed E-state index contributed by atoms with van der Waals surface area (Å²) in [6.45, 7) is 1.73. The summed E-state index contributed by atoms with van der Waals surface area (Å²) in [4.78, 5) is 0. The monoisotopic (exact) mass is 237 g/mol. The van der Waals surface area contributed by atoms with E-state index in [1.807, 2.05) is 24.3 Å². The number of hydrogen-bond acceptors (Lipinski definition) is 4. The second-order valence-electron chi connectivity index (χ2n) is 3.75. The third-order valence-electron chi connectivity index (χ3n) is 2.48. The molecule has 17 heavy (non-hydrogen) atoms. The molecule has 0 amide bonds. The number of hydrogen-bond donors (Lipinski definition) is 4. The number of unbranched alkanes of at least 4 members (excludes halogenated alkanes) is 1. The first-order valence-corrected chi connectivity index (χ1v) is 5.67. The van der Waals surface area contributed by atoms with Crippen molar-refractivity contribution in [3.05, 3.63) is 35.4 Å². The molecule has 0 unspecified atom stereocenters. The van der Waals surface area contributed by atoms with Crippen LogP contribution in [0.15, 0.2) is 29.4 Å². The molecular formula is C12H19N3O2. The van der Waals surface area contributed by atoms with E-state index in [4.69, 9.17) is 16.0 Å². The molecule has 0 aliphatic carbocycles. The molecule has 0 saturated heterocycles. The van der Waals surface area contributed by atoms with E-state index in [0.29, 0.717) is 6.54 Å². The third-order valence-corrected chi connectivity index (χ3v) is 2.48. The Balaban J connectivity index is 2.53. The first-order valence-electron chi connectivity index (χ1n) is 5.67. The van der Waals surface area contributed by atoms with Gasteiger partial charge in [0.05, 0.1) is 0 Å². The number of amidine groups is 1. The van der Waals surface area contributed by atoms with Gasteiger partial charge in [0.1, 0.15) is 0 Å². The van der Waals surface area contributed by atoms with Gasteiger partial charge in [-0.2, -0.15) is 0 Å². The standard InChI is InChI=1S/C12H19N3O2/c13-12(15-17)11-6-2-1-5-10(11)9-14-7-3-4-8-16/h1-2,5-6,14,16-17H,3-4,7-9H2,(H2,13,15). The van der Waals surface area contributed by atoms with Crippen molar-refractivity contribution in [2.75, 3.05) is 13.2 Å². The summed E-state index contributed by atoms with van der Waals surface area (Å²) >= 11 is 0. The number of aliphatic hydroxyl groups is 1. The van der Waals surface area contributed by atoms with Gasteiger partial charge in [0, 0.05) is 18.7 Å². The van der Waals surface area contributed by atoms with Gasteiger partial charge < -0.3 is 21.4 Å². The number of nitrogens with two attached hydrogens (primary N) is 1. The van der Waals surface area contributed by atoms with Gasteiger partial charge in [-0.3, -0.25) is 0 Å². The van der Waals surface area contributed by atoms with Crippen molar-refractivity contribution in [2.24, 2.45) is 10.9 Å². The lowest BCUT2D eigenvalue weighted by molar-refractivity contribution is 0.283. The quantitative estimate of drug-likeness (QED) is 0.184. The largest absolute Gasteiger partial charge is 0.409 e. The minimum atomic E-state index is 0.123. The van der Waals surface area contributed by atoms with Gasteiger partial charge in [0.15, 0.2) is 5.84 Å². The van der Waals surface area contributed by atoms with Gasteiger partial charge in [0.25, 0.3) is 0 Å². The average Bonchev–Trinajstić information content (AvgIpc) is 2.38. The van der Waals surface area contributed by atoms with Gasteiger partial charge in [-0.05, 0) is 24.9 Å². The minimum absolute atomic E-state index is 0.123. The number of oxime groups is 1. The molecule has 5 nitrogen and oxygen atoms in total. The normalized spacial score (nSPS) is 11.7. The van der Waals surface area contributed by atoms with Crippen LogP contribution in [0.5, 0.6) is 0 Å².